The fraction of sp³-hybridized carbons (Fsp3) is 0.655. The average Bonchev–Trinajstić information content (AvgIpc) is 2.92. The third kappa shape index (κ3) is 17.2. The zero-order valence-corrected chi connectivity index (χ0v) is 25.6. The molecule has 3 unspecified atom stereocenters. The average molecular weight is 613 g/mol. The first-order chi connectivity index (χ1) is 20.3. The minimum atomic E-state index is -1.18. The molecule has 14 nitrogen and oxygen atoms in total. The fourth-order valence-electron chi connectivity index (χ4n) is 4.54. The molecule has 0 bridgehead atoms. The van der Waals surface area contributed by atoms with E-state index in [2.05, 4.69) is 4.99 Å². The van der Waals surface area contributed by atoms with Gasteiger partial charge in [-0.25, -0.2) is 0 Å². The fourth-order valence-corrected chi connectivity index (χ4v) is 4.54. The number of carboxylic acids is 5. The highest BCUT2D eigenvalue weighted by molar-refractivity contribution is 5.76. The number of carboxylic acid groups (broad SMARTS) is 5. The predicted octanol–water partition coefficient (Wildman–Crippen LogP) is 2.35. The van der Waals surface area contributed by atoms with Crippen molar-refractivity contribution in [1.29, 1.82) is 0 Å². The van der Waals surface area contributed by atoms with E-state index >= 15 is 0 Å². The quantitative estimate of drug-likeness (QED) is 0.0742. The van der Waals surface area contributed by atoms with E-state index in [4.69, 9.17) is 15.3 Å². The molecule has 14 heteroatoms. The van der Waals surface area contributed by atoms with Gasteiger partial charge in [0.25, 0.3) is 0 Å². The van der Waals surface area contributed by atoms with Crippen LogP contribution in [0.5, 0.6) is 0 Å². The maximum Gasteiger partial charge on any atom is 0.320 e. The van der Waals surface area contributed by atoms with Crippen molar-refractivity contribution in [3.8, 4) is 0 Å². The Kier molecular flexibility index (Phi) is 20.1. The summed E-state index contributed by atoms with van der Waals surface area (Å²) in [6, 6.07) is -2.23. The van der Waals surface area contributed by atoms with Crippen molar-refractivity contribution in [3.63, 3.8) is 0 Å². The first kappa shape index (κ1) is 39.4. The minimum absolute atomic E-state index is 0.000456. The third-order valence-corrected chi connectivity index (χ3v) is 7.02. The van der Waals surface area contributed by atoms with Gasteiger partial charge in [0.15, 0.2) is 0 Å². The lowest BCUT2D eigenvalue weighted by Gasteiger charge is -2.33. The van der Waals surface area contributed by atoms with Crippen LogP contribution >= 0.6 is 0 Å². The van der Waals surface area contributed by atoms with Gasteiger partial charge in [-0.2, -0.15) is 0 Å². The number of allylic oxidation sites excluding steroid dienone is 3. The van der Waals surface area contributed by atoms with E-state index in [0.717, 1.165) is 0 Å². The highest BCUT2D eigenvalue weighted by Crippen LogP contribution is 2.14. The van der Waals surface area contributed by atoms with E-state index in [0.29, 0.717) is 31.8 Å². The van der Waals surface area contributed by atoms with E-state index < -0.39 is 41.9 Å². The first-order valence-corrected chi connectivity index (χ1v) is 14.4. The van der Waals surface area contributed by atoms with Crippen LogP contribution in [0.3, 0.4) is 0 Å². The van der Waals surface area contributed by atoms with Gasteiger partial charge >= 0.3 is 29.8 Å². The van der Waals surface area contributed by atoms with Crippen LogP contribution in [-0.4, -0.2) is 134 Å². The molecule has 244 valence electrons. The molecule has 0 aromatic carbocycles. The van der Waals surface area contributed by atoms with Crippen molar-refractivity contribution in [3.05, 3.63) is 23.9 Å². The smallest absolute Gasteiger partial charge is 0.320 e. The van der Waals surface area contributed by atoms with Gasteiger partial charge in [-0.15, -0.1) is 0 Å². The predicted molar refractivity (Wildman–Crippen MR) is 160 cm³/mol. The van der Waals surface area contributed by atoms with Crippen LogP contribution in [0.25, 0.3) is 0 Å². The van der Waals surface area contributed by atoms with E-state index in [1.807, 2.05) is 18.7 Å². The van der Waals surface area contributed by atoms with Crippen LogP contribution in [-0.2, 0) is 24.0 Å². The highest BCUT2D eigenvalue weighted by atomic mass is 16.4. The Hall–Kier alpha value is -3.62. The van der Waals surface area contributed by atoms with E-state index in [9.17, 15) is 34.2 Å². The summed E-state index contributed by atoms with van der Waals surface area (Å²) >= 11 is 0. The second-order valence-corrected chi connectivity index (χ2v) is 10.0. The van der Waals surface area contributed by atoms with Gasteiger partial charge in [0, 0.05) is 57.7 Å². The van der Waals surface area contributed by atoms with Gasteiger partial charge in [0.05, 0.1) is 5.70 Å². The molecule has 0 aliphatic heterocycles. The Morgan fingerprint density at radius 2 is 1.19 bits per heavy atom. The van der Waals surface area contributed by atoms with Gasteiger partial charge in [0.2, 0.25) is 0 Å². The SMILES string of the molecule is C/C=C\C=C(\CN(CC)C(CCC(=O)O)C(=O)O)N=CCN(CCN(CC)C(C)CCC(=O)O)C(CCC(=O)O)C(=O)O. The summed E-state index contributed by atoms with van der Waals surface area (Å²) in [5.74, 6) is -5.45. The van der Waals surface area contributed by atoms with E-state index in [-0.39, 0.29) is 57.8 Å². The van der Waals surface area contributed by atoms with Crippen LogP contribution in [0, 0.1) is 0 Å². The molecule has 0 rings (SSSR count). The Labute approximate surface area is 253 Å². The third-order valence-electron chi connectivity index (χ3n) is 7.02. The molecule has 5 N–H and O–H groups in total. The number of hydrogen-bond acceptors (Lipinski definition) is 9. The molecular formula is C29H48N4O10. The van der Waals surface area contributed by atoms with E-state index in [1.54, 1.807) is 41.9 Å². The standard InChI is InChI=1S/C29H48N4O10/c1-5-8-9-22(20-32(7-3)23(28(40)41)11-14-26(36)37)30-16-17-33(24(29(42)43)12-15-27(38)39)19-18-31(6-2)21(4)10-13-25(34)35/h5,8-9,16,21,23-24H,6-7,10-15,17-20H2,1-4H3,(H,34,35)(H,36,37)(H,38,39)(H,40,41)(H,42,43)/b8-5-,22-9-,30-16?. The van der Waals surface area contributed by atoms with Crippen molar-refractivity contribution in [2.75, 3.05) is 39.3 Å². The Balaban J connectivity index is 6.02. The summed E-state index contributed by atoms with van der Waals surface area (Å²) in [5, 5.41) is 46.9. The summed E-state index contributed by atoms with van der Waals surface area (Å²) in [5.41, 5.74) is 0.469. The zero-order valence-electron chi connectivity index (χ0n) is 25.6. The summed E-state index contributed by atoms with van der Waals surface area (Å²) in [6.45, 7) is 9.10. The molecule has 0 amide bonds. The molecule has 43 heavy (non-hydrogen) atoms. The second-order valence-electron chi connectivity index (χ2n) is 10.0. The topological polar surface area (TPSA) is 209 Å². The van der Waals surface area contributed by atoms with Crippen molar-refractivity contribution in [1.82, 2.24) is 14.7 Å². The Morgan fingerprint density at radius 1 is 0.721 bits per heavy atom. The maximum atomic E-state index is 12.2. The molecule has 0 saturated carbocycles. The van der Waals surface area contributed by atoms with Crippen LogP contribution in [0.2, 0.25) is 0 Å². The molecule has 0 heterocycles. The normalized spacial score (nSPS) is 14.5. The van der Waals surface area contributed by atoms with Crippen molar-refractivity contribution in [2.45, 2.75) is 84.3 Å². The van der Waals surface area contributed by atoms with Crippen molar-refractivity contribution >= 4 is 36.1 Å². The minimum Gasteiger partial charge on any atom is -0.481 e. The van der Waals surface area contributed by atoms with Crippen LogP contribution < -0.4 is 0 Å². The monoisotopic (exact) mass is 612 g/mol. The molecule has 0 aromatic rings. The highest BCUT2D eigenvalue weighted by Gasteiger charge is 2.28. The molecule has 0 saturated heterocycles. The molecule has 0 radical (unpaired) electrons. The number of hydrogen-bond donors (Lipinski definition) is 5. The van der Waals surface area contributed by atoms with Crippen LogP contribution in [0.1, 0.15) is 66.2 Å². The van der Waals surface area contributed by atoms with Crippen molar-refractivity contribution < 1.29 is 49.5 Å². The number of aliphatic imine (C=N–C) groups is 1. The summed E-state index contributed by atoms with van der Waals surface area (Å²) in [4.78, 5) is 67.1. The second kappa shape index (κ2) is 22.0. The molecule has 0 fully saturated rings. The van der Waals surface area contributed by atoms with E-state index in [1.165, 1.54) is 6.21 Å². The largest absolute Gasteiger partial charge is 0.481 e. The number of rotatable bonds is 25. The number of likely N-dealkylation sites (N-methyl/N-ethyl adjacent to an activating group) is 2. The summed E-state index contributed by atoms with van der Waals surface area (Å²) < 4.78 is 0. The number of carbonyl (C=O) groups is 5. The van der Waals surface area contributed by atoms with Gasteiger partial charge in [0.1, 0.15) is 12.1 Å². The molecule has 0 aromatic heterocycles. The van der Waals surface area contributed by atoms with Crippen LogP contribution in [0.4, 0.5) is 0 Å². The van der Waals surface area contributed by atoms with Gasteiger partial charge in [-0.3, -0.25) is 43.7 Å². The van der Waals surface area contributed by atoms with Crippen molar-refractivity contribution in [2.24, 2.45) is 4.99 Å². The molecule has 0 spiro atoms. The first-order valence-electron chi connectivity index (χ1n) is 14.4. The van der Waals surface area contributed by atoms with Gasteiger partial charge < -0.3 is 25.5 Å². The lowest BCUT2D eigenvalue weighted by molar-refractivity contribution is -0.146. The maximum absolute atomic E-state index is 12.2. The lowest BCUT2D eigenvalue weighted by Crippen LogP contribution is -2.47. The molecule has 0 aliphatic carbocycles. The summed E-state index contributed by atoms with van der Waals surface area (Å²) in [7, 11) is 0. The van der Waals surface area contributed by atoms with Crippen LogP contribution in [0.15, 0.2) is 28.9 Å². The molecule has 3 atom stereocenters. The Morgan fingerprint density at radius 3 is 1.63 bits per heavy atom. The van der Waals surface area contributed by atoms with Gasteiger partial charge in [-0.05, 0) is 52.3 Å². The molecular weight excluding hydrogens is 564 g/mol. The number of aliphatic carboxylic acids is 5. The summed E-state index contributed by atoms with van der Waals surface area (Å²) in [6.07, 6.45) is 6.20. The molecule has 0 aliphatic rings. The Bertz CT molecular complexity index is 998. The number of nitrogens with zero attached hydrogens (tertiary/aromatic N) is 4. The van der Waals surface area contributed by atoms with Gasteiger partial charge in [-0.1, -0.05) is 26.0 Å². The lowest BCUT2D eigenvalue weighted by atomic mass is 10.1. The zero-order chi connectivity index (χ0) is 32.9.